The monoisotopic (exact) mass is 406 g/mol. The average molecular weight is 407 g/mol. The Morgan fingerprint density at radius 1 is 1.50 bits per heavy atom. The highest BCUT2D eigenvalue weighted by Crippen LogP contribution is 2.37. The molecule has 0 bridgehead atoms. The number of nitrogens with zero attached hydrogens (tertiary/aromatic N) is 3. The quantitative estimate of drug-likeness (QED) is 0.661. The van der Waals surface area contributed by atoms with Crippen molar-refractivity contribution in [3.8, 4) is 11.4 Å². The second-order valence-corrected chi connectivity index (χ2v) is 7.59. The Morgan fingerprint density at radius 3 is 3.12 bits per heavy atom. The van der Waals surface area contributed by atoms with Gasteiger partial charge in [0.15, 0.2) is 0 Å². The van der Waals surface area contributed by atoms with Crippen LogP contribution in [-0.2, 0) is 16.0 Å². The lowest BCUT2D eigenvalue weighted by molar-refractivity contribution is -0.115. The van der Waals surface area contributed by atoms with Gasteiger partial charge < -0.3 is 10.1 Å². The van der Waals surface area contributed by atoms with Crippen molar-refractivity contribution in [3.05, 3.63) is 33.4 Å². The van der Waals surface area contributed by atoms with E-state index >= 15 is 0 Å². The number of anilines is 1. The fraction of sp³-hybridized carbons (Fsp3) is 0.200. The van der Waals surface area contributed by atoms with Crippen molar-refractivity contribution in [2.45, 2.75) is 13.3 Å². The maximum atomic E-state index is 12.3. The molecule has 0 saturated heterocycles. The molecule has 9 heteroatoms. The lowest BCUT2D eigenvalue weighted by atomic mass is 10.1. The van der Waals surface area contributed by atoms with Crippen LogP contribution in [-0.4, -0.2) is 33.1 Å². The van der Waals surface area contributed by atoms with E-state index in [-0.39, 0.29) is 18.9 Å². The van der Waals surface area contributed by atoms with E-state index in [0.29, 0.717) is 22.6 Å². The molecule has 1 amide bonds. The van der Waals surface area contributed by atoms with E-state index in [0.717, 1.165) is 14.2 Å². The van der Waals surface area contributed by atoms with Crippen LogP contribution in [0.1, 0.15) is 22.8 Å². The van der Waals surface area contributed by atoms with Crippen molar-refractivity contribution in [3.63, 3.8) is 0 Å². The van der Waals surface area contributed by atoms with E-state index in [1.54, 1.807) is 17.5 Å². The van der Waals surface area contributed by atoms with Gasteiger partial charge in [0.05, 0.1) is 34.3 Å². The Kier molecular flexibility index (Phi) is 3.61. The van der Waals surface area contributed by atoms with E-state index < -0.39 is 5.97 Å². The van der Waals surface area contributed by atoms with Crippen molar-refractivity contribution in [1.29, 1.82) is 0 Å². The van der Waals surface area contributed by atoms with Crippen molar-refractivity contribution in [2.24, 2.45) is 0 Å². The molecule has 1 N–H and O–H groups in total. The summed E-state index contributed by atoms with van der Waals surface area (Å²) in [4.78, 5) is 29.4. The summed E-state index contributed by atoms with van der Waals surface area (Å²) in [7, 11) is 0. The number of thiazole rings is 1. The number of hydrogen-bond acceptors (Lipinski definition) is 6. The first-order valence-electron chi connectivity index (χ1n) is 7.20. The molecule has 3 aromatic heterocycles. The second-order valence-electron chi connectivity index (χ2n) is 5.18. The first-order valence-corrected chi connectivity index (χ1v) is 8.81. The topological polar surface area (TPSA) is 85.6 Å². The van der Waals surface area contributed by atoms with Gasteiger partial charge in [0, 0.05) is 11.8 Å². The van der Waals surface area contributed by atoms with Gasteiger partial charge in [0.25, 0.3) is 0 Å². The number of rotatable bonds is 2. The van der Waals surface area contributed by atoms with Crippen LogP contribution in [0.5, 0.6) is 0 Å². The van der Waals surface area contributed by atoms with Crippen LogP contribution in [0.2, 0.25) is 0 Å². The first-order chi connectivity index (χ1) is 11.6. The van der Waals surface area contributed by atoms with E-state index in [4.69, 9.17) is 4.74 Å². The lowest BCUT2D eigenvalue weighted by Gasteiger charge is -2.08. The molecule has 0 atom stereocenters. The molecule has 4 heterocycles. The molecule has 0 fully saturated rings. The summed E-state index contributed by atoms with van der Waals surface area (Å²) in [5.74, 6) is -0.640. The van der Waals surface area contributed by atoms with E-state index in [2.05, 4.69) is 31.3 Å². The SMILES string of the molecule is CCOC(=O)c1cnc2c(c1)NC(=O)Cc1c-2nn2cc(Br)sc12. The molecular weight excluding hydrogens is 396 g/mol. The minimum atomic E-state index is -0.471. The number of halogens is 1. The summed E-state index contributed by atoms with van der Waals surface area (Å²) in [6, 6.07) is 1.58. The summed E-state index contributed by atoms with van der Waals surface area (Å²) in [5, 5.41) is 7.35. The highest BCUT2D eigenvalue weighted by Gasteiger charge is 2.27. The number of carbonyl (C=O) groups is 2. The largest absolute Gasteiger partial charge is 0.462 e. The fourth-order valence-electron chi connectivity index (χ4n) is 2.64. The number of amides is 1. The number of hydrogen-bond donors (Lipinski definition) is 1. The molecule has 122 valence electrons. The number of fused-ring (bicyclic) bond motifs is 5. The average Bonchev–Trinajstić information content (AvgIpc) is 3.00. The van der Waals surface area contributed by atoms with Gasteiger partial charge >= 0.3 is 5.97 Å². The number of aromatic nitrogens is 3. The number of esters is 1. The number of carbonyl (C=O) groups excluding carboxylic acids is 2. The zero-order valence-electron chi connectivity index (χ0n) is 12.5. The molecular formula is C15H11BrN4O3S. The van der Waals surface area contributed by atoms with Crippen LogP contribution in [0.25, 0.3) is 16.2 Å². The number of pyridine rings is 1. The van der Waals surface area contributed by atoms with Crippen LogP contribution in [0, 0.1) is 0 Å². The smallest absolute Gasteiger partial charge is 0.339 e. The first kappa shape index (κ1) is 15.3. The van der Waals surface area contributed by atoms with Crippen LogP contribution in [0.15, 0.2) is 22.2 Å². The minimum Gasteiger partial charge on any atom is -0.462 e. The molecule has 4 rings (SSSR count). The normalized spacial score (nSPS) is 13.2. The summed E-state index contributed by atoms with van der Waals surface area (Å²) in [6.45, 7) is 2.01. The Bertz CT molecular complexity index is 994. The van der Waals surface area contributed by atoms with E-state index in [9.17, 15) is 9.59 Å². The van der Waals surface area contributed by atoms with Gasteiger partial charge in [-0.1, -0.05) is 0 Å². The maximum absolute atomic E-state index is 12.3. The molecule has 3 aromatic rings. The second kappa shape index (κ2) is 5.67. The van der Waals surface area contributed by atoms with Crippen molar-refractivity contribution in [2.75, 3.05) is 11.9 Å². The third-order valence-electron chi connectivity index (χ3n) is 3.61. The fourth-order valence-corrected chi connectivity index (χ4v) is 4.11. The molecule has 0 aromatic carbocycles. The lowest BCUT2D eigenvalue weighted by Crippen LogP contribution is -2.14. The molecule has 0 unspecified atom stereocenters. The van der Waals surface area contributed by atoms with Gasteiger partial charge in [-0.25, -0.2) is 9.31 Å². The Labute approximate surface area is 148 Å². The number of ether oxygens (including phenoxy) is 1. The predicted octanol–water partition coefficient (Wildman–Crippen LogP) is 2.89. The van der Waals surface area contributed by atoms with Crippen LogP contribution in [0.4, 0.5) is 5.69 Å². The maximum Gasteiger partial charge on any atom is 0.339 e. The Hall–Kier alpha value is -2.26. The molecule has 0 aliphatic carbocycles. The highest BCUT2D eigenvalue weighted by molar-refractivity contribution is 9.11. The zero-order valence-corrected chi connectivity index (χ0v) is 14.9. The molecule has 1 aliphatic heterocycles. The summed E-state index contributed by atoms with van der Waals surface area (Å²) in [5.41, 5.74) is 2.80. The van der Waals surface area contributed by atoms with Gasteiger partial charge in [-0.2, -0.15) is 5.10 Å². The zero-order chi connectivity index (χ0) is 16.8. The van der Waals surface area contributed by atoms with E-state index in [1.165, 1.54) is 17.5 Å². The van der Waals surface area contributed by atoms with Gasteiger partial charge in [-0.3, -0.25) is 9.78 Å². The predicted molar refractivity (Wildman–Crippen MR) is 92.3 cm³/mol. The summed E-state index contributed by atoms with van der Waals surface area (Å²) >= 11 is 4.94. The minimum absolute atomic E-state index is 0.169. The molecule has 24 heavy (non-hydrogen) atoms. The molecule has 0 spiro atoms. The van der Waals surface area contributed by atoms with Gasteiger partial charge in [-0.05, 0) is 28.9 Å². The summed E-state index contributed by atoms with van der Waals surface area (Å²) < 4.78 is 7.65. The van der Waals surface area contributed by atoms with Gasteiger partial charge in [-0.15, -0.1) is 11.3 Å². The third-order valence-corrected chi connectivity index (χ3v) is 5.23. The van der Waals surface area contributed by atoms with Gasteiger partial charge in [0.2, 0.25) is 5.91 Å². The molecule has 0 radical (unpaired) electrons. The highest BCUT2D eigenvalue weighted by atomic mass is 79.9. The van der Waals surface area contributed by atoms with Crippen molar-refractivity contribution >= 4 is 49.7 Å². The summed E-state index contributed by atoms with van der Waals surface area (Å²) in [6.07, 6.45) is 3.50. The van der Waals surface area contributed by atoms with Crippen LogP contribution >= 0.6 is 27.3 Å². The Morgan fingerprint density at radius 2 is 2.33 bits per heavy atom. The Balaban J connectivity index is 1.89. The van der Waals surface area contributed by atoms with E-state index in [1.807, 2.05) is 6.20 Å². The molecule has 1 aliphatic rings. The van der Waals surface area contributed by atoms with Crippen molar-refractivity contribution < 1.29 is 14.3 Å². The standard InChI is InChI=1S/C15H11BrN4O3S/c1-2-23-15(22)7-3-9-13(17-5-7)12-8(4-11(21)18-9)14-20(19-12)6-10(16)24-14/h3,5-6H,2,4H2,1H3,(H,18,21). The van der Waals surface area contributed by atoms with Crippen LogP contribution < -0.4 is 5.32 Å². The number of nitrogens with one attached hydrogen (secondary N) is 1. The molecule has 0 saturated carbocycles. The van der Waals surface area contributed by atoms with Gasteiger partial charge in [0.1, 0.15) is 16.2 Å². The van der Waals surface area contributed by atoms with Crippen LogP contribution in [0.3, 0.4) is 0 Å². The molecule has 7 nitrogen and oxygen atoms in total. The van der Waals surface area contributed by atoms with Crippen molar-refractivity contribution in [1.82, 2.24) is 14.6 Å². The third kappa shape index (κ3) is 2.40.